The molecule has 0 saturated heterocycles. The topological polar surface area (TPSA) is 54.3 Å². The molecule has 1 atom stereocenters. The molecular weight excluding hydrogens is 308 g/mol. The second-order valence-electron chi connectivity index (χ2n) is 4.15. The molecular formula is C14H15BrN2O2. The highest BCUT2D eigenvalue weighted by molar-refractivity contribution is 9.10. The van der Waals surface area contributed by atoms with E-state index in [1.165, 1.54) is 0 Å². The van der Waals surface area contributed by atoms with Crippen molar-refractivity contribution in [1.82, 2.24) is 5.32 Å². The molecule has 0 radical (unpaired) electrons. The maximum absolute atomic E-state index is 11.8. The van der Waals surface area contributed by atoms with Crippen LogP contribution in [0.1, 0.15) is 18.7 Å². The Morgan fingerprint density at radius 2 is 2.11 bits per heavy atom. The van der Waals surface area contributed by atoms with Crippen molar-refractivity contribution in [2.75, 3.05) is 11.9 Å². The van der Waals surface area contributed by atoms with Crippen LogP contribution in [0.25, 0.3) is 0 Å². The molecule has 2 N–H and O–H groups in total. The largest absolute Gasteiger partial charge is 0.468 e. The molecule has 4 nitrogen and oxygen atoms in total. The summed E-state index contributed by atoms with van der Waals surface area (Å²) in [5.74, 6) is 0.721. The predicted molar refractivity (Wildman–Crippen MR) is 77.9 cm³/mol. The number of anilines is 1. The highest BCUT2D eigenvalue weighted by atomic mass is 79.9. The summed E-state index contributed by atoms with van der Waals surface area (Å²) < 4.78 is 6.13. The SMILES string of the molecule is C[C@H](NCC(=O)Nc1ccccc1Br)c1ccco1. The van der Waals surface area contributed by atoms with Crippen molar-refractivity contribution in [1.29, 1.82) is 0 Å². The van der Waals surface area contributed by atoms with Crippen molar-refractivity contribution in [3.8, 4) is 0 Å². The zero-order valence-electron chi connectivity index (χ0n) is 10.5. The molecule has 0 unspecified atom stereocenters. The molecule has 0 aliphatic rings. The molecule has 1 aromatic carbocycles. The number of amides is 1. The second kappa shape index (κ2) is 6.54. The summed E-state index contributed by atoms with van der Waals surface area (Å²) in [6, 6.07) is 11.2. The lowest BCUT2D eigenvalue weighted by atomic mass is 10.2. The Labute approximate surface area is 120 Å². The van der Waals surface area contributed by atoms with Crippen molar-refractivity contribution in [3.05, 3.63) is 52.9 Å². The van der Waals surface area contributed by atoms with Gasteiger partial charge in [-0.05, 0) is 47.1 Å². The Morgan fingerprint density at radius 1 is 1.32 bits per heavy atom. The summed E-state index contributed by atoms with van der Waals surface area (Å²) in [7, 11) is 0. The lowest BCUT2D eigenvalue weighted by molar-refractivity contribution is -0.115. The molecule has 19 heavy (non-hydrogen) atoms. The number of carbonyl (C=O) groups is 1. The molecule has 0 saturated carbocycles. The number of halogens is 1. The average Bonchev–Trinajstić information content (AvgIpc) is 2.93. The van der Waals surface area contributed by atoms with Crippen LogP contribution < -0.4 is 10.6 Å². The van der Waals surface area contributed by atoms with Crippen LogP contribution in [0, 0.1) is 0 Å². The average molecular weight is 323 g/mol. The Bertz CT molecular complexity index is 540. The van der Waals surface area contributed by atoms with Crippen molar-refractivity contribution < 1.29 is 9.21 Å². The van der Waals surface area contributed by atoms with Crippen molar-refractivity contribution in [3.63, 3.8) is 0 Å². The van der Waals surface area contributed by atoms with Gasteiger partial charge in [-0.25, -0.2) is 0 Å². The summed E-state index contributed by atoms with van der Waals surface area (Å²) >= 11 is 3.39. The minimum atomic E-state index is -0.0923. The molecule has 0 bridgehead atoms. The molecule has 2 aromatic rings. The minimum absolute atomic E-state index is 0.0000333. The van der Waals surface area contributed by atoms with E-state index in [0.717, 1.165) is 15.9 Å². The standard InChI is InChI=1S/C14H15BrN2O2/c1-10(13-7-4-8-19-13)16-9-14(18)17-12-6-3-2-5-11(12)15/h2-8,10,16H,9H2,1H3,(H,17,18)/t10-/m0/s1. The zero-order chi connectivity index (χ0) is 13.7. The van der Waals surface area contributed by atoms with E-state index in [-0.39, 0.29) is 18.5 Å². The molecule has 100 valence electrons. The fourth-order valence-electron chi connectivity index (χ4n) is 1.64. The van der Waals surface area contributed by atoms with Crippen LogP contribution in [0.5, 0.6) is 0 Å². The smallest absolute Gasteiger partial charge is 0.238 e. The van der Waals surface area contributed by atoms with Crippen molar-refractivity contribution in [2.45, 2.75) is 13.0 Å². The lowest BCUT2D eigenvalue weighted by Crippen LogP contribution is -2.30. The third-order valence-electron chi connectivity index (χ3n) is 2.69. The van der Waals surface area contributed by atoms with E-state index >= 15 is 0 Å². The Balaban J connectivity index is 1.84. The van der Waals surface area contributed by atoms with Gasteiger partial charge in [0, 0.05) is 4.47 Å². The number of furan rings is 1. The molecule has 1 heterocycles. The number of hydrogen-bond acceptors (Lipinski definition) is 3. The maximum Gasteiger partial charge on any atom is 0.238 e. The molecule has 0 aliphatic heterocycles. The van der Waals surface area contributed by atoms with Crippen molar-refractivity contribution >= 4 is 27.5 Å². The van der Waals surface area contributed by atoms with E-state index in [4.69, 9.17) is 4.42 Å². The Hall–Kier alpha value is -1.59. The van der Waals surface area contributed by atoms with Crippen LogP contribution in [0.2, 0.25) is 0 Å². The monoisotopic (exact) mass is 322 g/mol. The number of para-hydroxylation sites is 1. The molecule has 0 spiro atoms. The molecule has 5 heteroatoms. The quantitative estimate of drug-likeness (QED) is 0.887. The Kier molecular flexibility index (Phi) is 4.76. The number of benzene rings is 1. The highest BCUT2D eigenvalue weighted by Crippen LogP contribution is 2.21. The maximum atomic E-state index is 11.8. The van der Waals surface area contributed by atoms with Gasteiger partial charge in [0.1, 0.15) is 5.76 Å². The number of rotatable bonds is 5. The fourth-order valence-corrected chi connectivity index (χ4v) is 2.02. The van der Waals surface area contributed by atoms with E-state index in [0.29, 0.717) is 0 Å². The van der Waals surface area contributed by atoms with Gasteiger partial charge in [-0.1, -0.05) is 12.1 Å². The van der Waals surface area contributed by atoms with E-state index in [2.05, 4.69) is 26.6 Å². The number of carbonyl (C=O) groups excluding carboxylic acids is 1. The number of hydrogen-bond donors (Lipinski definition) is 2. The highest BCUT2D eigenvalue weighted by Gasteiger charge is 2.10. The van der Waals surface area contributed by atoms with Crippen LogP contribution >= 0.6 is 15.9 Å². The minimum Gasteiger partial charge on any atom is -0.468 e. The molecule has 2 rings (SSSR count). The normalized spacial score (nSPS) is 12.1. The molecule has 1 aromatic heterocycles. The van der Waals surface area contributed by atoms with Crippen LogP contribution in [0.4, 0.5) is 5.69 Å². The van der Waals surface area contributed by atoms with E-state index in [1.54, 1.807) is 6.26 Å². The van der Waals surface area contributed by atoms with E-state index in [1.807, 2.05) is 43.3 Å². The van der Waals surface area contributed by atoms with Gasteiger partial charge in [0.2, 0.25) is 5.91 Å². The molecule has 0 fully saturated rings. The van der Waals surface area contributed by atoms with Gasteiger partial charge in [-0.3, -0.25) is 10.1 Å². The first-order chi connectivity index (χ1) is 9.16. The second-order valence-corrected chi connectivity index (χ2v) is 5.00. The Morgan fingerprint density at radius 3 is 2.79 bits per heavy atom. The van der Waals surface area contributed by atoms with Gasteiger partial charge in [-0.15, -0.1) is 0 Å². The summed E-state index contributed by atoms with van der Waals surface area (Å²) in [4.78, 5) is 11.8. The fraction of sp³-hybridized carbons (Fsp3) is 0.214. The van der Waals surface area contributed by atoms with Gasteiger partial charge in [-0.2, -0.15) is 0 Å². The summed E-state index contributed by atoms with van der Waals surface area (Å²) in [6.07, 6.45) is 1.62. The van der Waals surface area contributed by atoms with Crippen molar-refractivity contribution in [2.24, 2.45) is 0 Å². The first kappa shape index (κ1) is 13.8. The summed E-state index contributed by atoms with van der Waals surface area (Å²) in [5, 5.41) is 5.94. The van der Waals surface area contributed by atoms with Crippen LogP contribution in [-0.4, -0.2) is 12.5 Å². The first-order valence-corrected chi connectivity index (χ1v) is 6.77. The lowest BCUT2D eigenvalue weighted by Gasteiger charge is -2.12. The van der Waals surface area contributed by atoms with E-state index < -0.39 is 0 Å². The zero-order valence-corrected chi connectivity index (χ0v) is 12.1. The predicted octanol–water partition coefficient (Wildman–Crippen LogP) is 3.33. The first-order valence-electron chi connectivity index (χ1n) is 5.98. The van der Waals surface area contributed by atoms with Crippen LogP contribution in [-0.2, 0) is 4.79 Å². The summed E-state index contributed by atoms with van der Waals surface area (Å²) in [6.45, 7) is 2.17. The third kappa shape index (κ3) is 3.94. The van der Waals surface area contributed by atoms with Gasteiger partial charge in [0.05, 0.1) is 24.5 Å². The van der Waals surface area contributed by atoms with Crippen LogP contribution in [0.15, 0.2) is 51.6 Å². The summed E-state index contributed by atoms with van der Waals surface area (Å²) in [5.41, 5.74) is 0.764. The van der Waals surface area contributed by atoms with Gasteiger partial charge >= 0.3 is 0 Å². The van der Waals surface area contributed by atoms with Gasteiger partial charge in [0.15, 0.2) is 0 Å². The number of nitrogens with one attached hydrogen (secondary N) is 2. The van der Waals surface area contributed by atoms with Gasteiger partial charge in [0.25, 0.3) is 0 Å². The van der Waals surface area contributed by atoms with Gasteiger partial charge < -0.3 is 9.73 Å². The van der Waals surface area contributed by atoms with Crippen LogP contribution in [0.3, 0.4) is 0 Å². The molecule has 0 aliphatic carbocycles. The third-order valence-corrected chi connectivity index (χ3v) is 3.38. The molecule has 1 amide bonds. The van der Waals surface area contributed by atoms with E-state index in [9.17, 15) is 4.79 Å².